The Bertz CT molecular complexity index is 1970. The predicted octanol–water partition coefficient (Wildman–Crippen LogP) is 0.418. The van der Waals surface area contributed by atoms with E-state index in [1.54, 1.807) is 55.6 Å². The van der Waals surface area contributed by atoms with E-state index in [0.29, 0.717) is 129 Å². The molecule has 27 nitrogen and oxygen atoms in total. The minimum atomic E-state index is -1.11. The molecule has 2 rings (SSSR count). The van der Waals surface area contributed by atoms with E-state index in [0.717, 1.165) is 5.56 Å². The number of carbonyl (C=O) groups is 6. The summed E-state index contributed by atoms with van der Waals surface area (Å²) >= 11 is 0. The van der Waals surface area contributed by atoms with Crippen LogP contribution in [0.3, 0.4) is 0 Å². The lowest BCUT2D eigenvalue weighted by molar-refractivity contribution is -0.140. The number of carbonyl (C=O) groups excluding carboxylic acids is 4. The van der Waals surface area contributed by atoms with Gasteiger partial charge in [-0.2, -0.15) is 0 Å². The molecule has 0 bridgehead atoms. The lowest BCUT2D eigenvalue weighted by Gasteiger charge is -2.19. The van der Waals surface area contributed by atoms with Crippen molar-refractivity contribution < 1.29 is 110 Å². The predicted molar refractivity (Wildman–Crippen MR) is 298 cm³/mol. The first-order valence-corrected chi connectivity index (χ1v) is 27.9. The van der Waals surface area contributed by atoms with E-state index >= 15 is 0 Å². The van der Waals surface area contributed by atoms with Crippen LogP contribution in [0.5, 0.6) is 11.5 Å². The molecule has 0 radical (unpaired) electrons. The van der Waals surface area contributed by atoms with Crippen LogP contribution in [0.4, 0.5) is 0 Å². The average molecular weight is 1190 g/mol. The molecular weight excluding hydrogens is 1100 g/mol. The molecule has 2 unspecified atom stereocenters. The fraction of sp³-hybridized carbons (Fsp3) is 0.679. The first-order chi connectivity index (χ1) is 40.5. The highest BCUT2D eigenvalue weighted by Gasteiger charge is 2.23. The van der Waals surface area contributed by atoms with Crippen molar-refractivity contribution >= 4 is 35.4 Å². The van der Waals surface area contributed by atoms with Gasteiger partial charge in [-0.25, -0.2) is 9.59 Å². The number of aliphatic carboxylic acids is 2. The second-order valence-corrected chi connectivity index (χ2v) is 17.8. The average Bonchev–Trinajstić information content (AvgIpc) is 3.49. The highest BCUT2D eigenvalue weighted by Crippen LogP contribution is 2.16. The van der Waals surface area contributed by atoms with Gasteiger partial charge in [0, 0.05) is 52.5 Å². The molecule has 0 aliphatic heterocycles. The lowest BCUT2D eigenvalue weighted by Crippen LogP contribution is -2.48. The fourth-order valence-corrected chi connectivity index (χ4v) is 6.93. The van der Waals surface area contributed by atoms with Crippen molar-refractivity contribution in [2.24, 2.45) is 5.73 Å². The zero-order valence-corrected chi connectivity index (χ0v) is 48.1. The summed E-state index contributed by atoms with van der Waals surface area (Å²) < 4.78 is 81.2. The summed E-state index contributed by atoms with van der Waals surface area (Å²) in [7, 11) is 1.61. The van der Waals surface area contributed by atoms with Crippen LogP contribution < -0.4 is 31.2 Å². The Morgan fingerprint density at radius 2 is 0.759 bits per heavy atom. The van der Waals surface area contributed by atoms with Crippen LogP contribution in [0.1, 0.15) is 36.8 Å². The van der Waals surface area contributed by atoms with Crippen LogP contribution in [-0.2, 0) is 103 Å². The van der Waals surface area contributed by atoms with E-state index in [1.807, 2.05) is 0 Å². The van der Waals surface area contributed by atoms with Crippen LogP contribution in [0.2, 0.25) is 0 Å². The smallest absolute Gasteiger partial charge is 0.341 e. The van der Waals surface area contributed by atoms with E-state index in [-0.39, 0.29) is 116 Å². The summed E-state index contributed by atoms with van der Waals surface area (Å²) in [6.45, 7) is 8.22. The van der Waals surface area contributed by atoms with Gasteiger partial charge >= 0.3 is 11.9 Å². The van der Waals surface area contributed by atoms with Crippen LogP contribution in [0.25, 0.3) is 0 Å². The molecule has 472 valence electrons. The topological polar surface area (TPSA) is 343 Å². The summed E-state index contributed by atoms with van der Waals surface area (Å²) in [5, 5.41) is 26.2. The molecule has 0 aromatic heterocycles. The zero-order valence-electron chi connectivity index (χ0n) is 48.1. The Balaban J connectivity index is 1.63. The number of ether oxygens (including phenoxy) is 15. The molecule has 0 aliphatic rings. The molecule has 0 fully saturated rings. The van der Waals surface area contributed by atoms with E-state index < -0.39 is 49.1 Å². The Hall–Kier alpha value is -5.50. The third kappa shape index (κ3) is 43.8. The number of hydrogen-bond acceptors (Lipinski definition) is 22. The fourth-order valence-electron chi connectivity index (χ4n) is 6.93. The van der Waals surface area contributed by atoms with Crippen molar-refractivity contribution in [3.05, 3.63) is 59.7 Å². The van der Waals surface area contributed by atoms with Crippen molar-refractivity contribution in [3.8, 4) is 11.5 Å². The zero-order chi connectivity index (χ0) is 60.1. The normalized spacial score (nSPS) is 11.9. The van der Waals surface area contributed by atoms with Gasteiger partial charge in [0.2, 0.25) is 17.7 Å². The number of nitrogens with one attached hydrogen (secondary N) is 3. The number of methoxy groups -OCH3 is 1. The van der Waals surface area contributed by atoms with E-state index in [9.17, 15) is 28.8 Å². The van der Waals surface area contributed by atoms with Gasteiger partial charge in [0.05, 0.1) is 165 Å². The molecule has 0 heterocycles. The highest BCUT2D eigenvalue weighted by molar-refractivity contribution is 5.89. The van der Waals surface area contributed by atoms with Crippen molar-refractivity contribution in [1.82, 2.24) is 16.0 Å². The molecule has 0 saturated heterocycles. The number of Topliss-reactive ketones (excluding diaryl/α,β-unsaturated/α-hetero) is 1. The first-order valence-electron chi connectivity index (χ1n) is 27.9. The first kappa shape index (κ1) is 73.6. The molecular formula is C56H90N4O23. The summed E-state index contributed by atoms with van der Waals surface area (Å²) in [5.74, 6) is -2.87. The molecule has 2 aromatic rings. The van der Waals surface area contributed by atoms with Gasteiger partial charge in [0.15, 0.2) is 19.0 Å². The number of nitrogens with two attached hydrogens (primary N) is 1. The van der Waals surface area contributed by atoms with Gasteiger partial charge in [-0.1, -0.05) is 24.3 Å². The second-order valence-electron chi connectivity index (χ2n) is 17.8. The summed E-state index contributed by atoms with van der Waals surface area (Å²) in [5.41, 5.74) is 6.81. The standard InChI is InChI=1S/C56H90N4O23/c1-69-21-22-75-33-34-81-40-35-76-28-23-70-16-2-3-51(61)49(41-45-4-8-47(9-5-45)82-43-54(64)65)59-52(62)12-17-71-24-29-78-37-39-80-32-27-74-20-15-58-56(68)50(42-46-6-10-48(11-7-46)83-44-55(66)67)60-53(63)13-18-72-25-30-77-36-38-79-31-26-73-19-14-57/h4-11,49-50H,2-3,12-44,57H2,1H3,(H,58,68)(H,59,62)(H,60,63)(H,64,65)(H,66,67). The number of carboxylic acids is 2. The molecule has 0 aliphatic carbocycles. The second kappa shape index (κ2) is 52.1. The van der Waals surface area contributed by atoms with Gasteiger partial charge in [-0.15, -0.1) is 0 Å². The largest absolute Gasteiger partial charge is 0.482 e. The van der Waals surface area contributed by atoms with Crippen molar-refractivity contribution in [1.29, 1.82) is 0 Å². The third-order valence-electron chi connectivity index (χ3n) is 11.1. The molecule has 0 spiro atoms. The number of hydrogen-bond donors (Lipinski definition) is 6. The van der Waals surface area contributed by atoms with Crippen molar-refractivity contribution in [3.63, 3.8) is 0 Å². The molecule has 27 heteroatoms. The number of amides is 3. The van der Waals surface area contributed by atoms with Gasteiger partial charge in [-0.3, -0.25) is 19.2 Å². The third-order valence-corrected chi connectivity index (χ3v) is 11.1. The number of benzene rings is 2. The molecule has 0 saturated carbocycles. The molecule has 2 atom stereocenters. The SMILES string of the molecule is COCCOCCOCCOCCOCCCC(=O)C(Cc1ccc(OCC(=O)O)cc1)NC(=O)CCOCCOCCOCCOCCNC(=O)C(Cc1ccc(OCC(=O)O)cc1)NC(=O)CCOCCOCCOCCOCCN. The van der Waals surface area contributed by atoms with Gasteiger partial charge in [-0.05, 0) is 48.2 Å². The van der Waals surface area contributed by atoms with Crippen molar-refractivity contribution in [2.75, 3.05) is 199 Å². The summed E-state index contributed by atoms with van der Waals surface area (Å²) in [6.07, 6.45) is 0.982. The van der Waals surface area contributed by atoms with E-state index in [4.69, 9.17) is 87.0 Å². The van der Waals surface area contributed by atoms with Crippen LogP contribution >= 0.6 is 0 Å². The number of carboxylic acid groups (broad SMARTS) is 2. The number of rotatable bonds is 59. The maximum Gasteiger partial charge on any atom is 0.341 e. The number of ketones is 1. The summed E-state index contributed by atoms with van der Waals surface area (Å²) in [4.78, 5) is 74.3. The van der Waals surface area contributed by atoms with Crippen LogP contribution in [0, 0.1) is 0 Å². The molecule has 3 amide bonds. The minimum absolute atomic E-state index is 0.00754. The Morgan fingerprint density at radius 1 is 0.422 bits per heavy atom. The minimum Gasteiger partial charge on any atom is -0.482 e. The highest BCUT2D eigenvalue weighted by atomic mass is 16.6. The Morgan fingerprint density at radius 3 is 1.14 bits per heavy atom. The van der Waals surface area contributed by atoms with Crippen LogP contribution in [-0.4, -0.2) is 256 Å². The van der Waals surface area contributed by atoms with Crippen LogP contribution in [0.15, 0.2) is 48.5 Å². The van der Waals surface area contributed by atoms with E-state index in [1.165, 1.54) is 0 Å². The maximum atomic E-state index is 13.4. The Labute approximate surface area is 486 Å². The van der Waals surface area contributed by atoms with Gasteiger partial charge in [0.1, 0.15) is 17.5 Å². The molecule has 83 heavy (non-hydrogen) atoms. The quantitative estimate of drug-likeness (QED) is 0.0489. The van der Waals surface area contributed by atoms with Crippen molar-refractivity contribution in [2.45, 2.75) is 50.6 Å². The molecule has 2 aromatic carbocycles. The van der Waals surface area contributed by atoms with Gasteiger partial charge in [0.25, 0.3) is 0 Å². The monoisotopic (exact) mass is 1190 g/mol. The molecule has 7 N–H and O–H groups in total. The summed E-state index contributed by atoms with van der Waals surface area (Å²) in [6, 6.07) is 11.4. The lowest BCUT2D eigenvalue weighted by atomic mass is 9.99. The van der Waals surface area contributed by atoms with Gasteiger partial charge < -0.3 is 103 Å². The Kier molecular flexibility index (Phi) is 46.2. The van der Waals surface area contributed by atoms with E-state index in [2.05, 4.69) is 16.0 Å². The maximum absolute atomic E-state index is 13.4.